The maximum absolute atomic E-state index is 12.1. The van der Waals surface area contributed by atoms with Crippen LogP contribution in [0.25, 0.3) is 0 Å². The van der Waals surface area contributed by atoms with E-state index in [2.05, 4.69) is 4.74 Å². The van der Waals surface area contributed by atoms with Crippen LogP contribution >= 0.6 is 0 Å². The molecule has 5 nitrogen and oxygen atoms in total. The molecule has 0 aromatic heterocycles. The first kappa shape index (κ1) is 13.4. The van der Waals surface area contributed by atoms with Gasteiger partial charge in [0.2, 0.25) is 5.91 Å². The van der Waals surface area contributed by atoms with E-state index in [9.17, 15) is 9.59 Å². The summed E-state index contributed by atoms with van der Waals surface area (Å²) in [5, 5.41) is 0. The Morgan fingerprint density at radius 2 is 1.63 bits per heavy atom. The molecule has 1 aromatic rings. The summed E-state index contributed by atoms with van der Waals surface area (Å²) in [7, 11) is 1.37. The number of methoxy groups -OCH3 is 1. The van der Waals surface area contributed by atoms with Gasteiger partial charge in [-0.2, -0.15) is 0 Å². The van der Waals surface area contributed by atoms with Gasteiger partial charge in [-0.25, -0.2) is 4.79 Å². The molecule has 0 aliphatic carbocycles. The van der Waals surface area contributed by atoms with Gasteiger partial charge in [0, 0.05) is 26.2 Å². The zero-order valence-electron chi connectivity index (χ0n) is 11.0. The van der Waals surface area contributed by atoms with Crippen LogP contribution in [-0.4, -0.2) is 55.1 Å². The number of rotatable bonds is 2. The molecule has 5 heteroatoms. The van der Waals surface area contributed by atoms with Crippen molar-refractivity contribution in [1.29, 1.82) is 0 Å². The number of nitrogens with zero attached hydrogens (tertiary/aromatic N) is 2. The fourth-order valence-electron chi connectivity index (χ4n) is 2.15. The summed E-state index contributed by atoms with van der Waals surface area (Å²) in [6.07, 6.45) is 0.0918. The predicted octanol–water partition coefficient (Wildman–Crippen LogP) is 1.14. The molecule has 2 rings (SSSR count). The first-order chi connectivity index (χ1) is 9.20. The lowest BCUT2D eigenvalue weighted by Gasteiger charge is -2.33. The predicted molar refractivity (Wildman–Crippen MR) is 70.7 cm³/mol. The van der Waals surface area contributed by atoms with E-state index in [4.69, 9.17) is 0 Å². The molecule has 0 bridgehead atoms. The molecular formula is C14H18N2O3. The van der Waals surface area contributed by atoms with Crippen LogP contribution in [0, 0.1) is 0 Å². The molecule has 102 valence electrons. The Morgan fingerprint density at radius 1 is 1.05 bits per heavy atom. The molecule has 1 heterocycles. The number of hydrogen-bond donors (Lipinski definition) is 0. The Bertz CT molecular complexity index is 439. The quantitative estimate of drug-likeness (QED) is 0.803. The van der Waals surface area contributed by atoms with Crippen LogP contribution in [0.3, 0.4) is 0 Å². The summed E-state index contributed by atoms with van der Waals surface area (Å²) in [6, 6.07) is 9.68. The van der Waals surface area contributed by atoms with Gasteiger partial charge in [-0.15, -0.1) is 0 Å². The third kappa shape index (κ3) is 3.47. The van der Waals surface area contributed by atoms with Crippen LogP contribution in [-0.2, 0) is 16.0 Å². The van der Waals surface area contributed by atoms with Gasteiger partial charge < -0.3 is 14.5 Å². The largest absolute Gasteiger partial charge is 0.453 e. The molecule has 0 saturated carbocycles. The highest BCUT2D eigenvalue weighted by Gasteiger charge is 2.24. The fourth-order valence-corrected chi connectivity index (χ4v) is 2.15. The van der Waals surface area contributed by atoms with Gasteiger partial charge >= 0.3 is 6.09 Å². The van der Waals surface area contributed by atoms with Crippen LogP contribution in [0.4, 0.5) is 4.79 Å². The molecule has 1 aliphatic heterocycles. The molecule has 1 fully saturated rings. The first-order valence-corrected chi connectivity index (χ1v) is 6.35. The second-order valence-electron chi connectivity index (χ2n) is 4.50. The van der Waals surface area contributed by atoms with Crippen molar-refractivity contribution in [3.05, 3.63) is 35.9 Å². The average Bonchev–Trinajstić information content (AvgIpc) is 2.47. The van der Waals surface area contributed by atoms with E-state index in [1.54, 1.807) is 9.80 Å². The van der Waals surface area contributed by atoms with Crippen molar-refractivity contribution in [2.75, 3.05) is 33.3 Å². The van der Waals surface area contributed by atoms with Crippen LogP contribution in [0.15, 0.2) is 30.3 Å². The number of amides is 2. The van der Waals surface area contributed by atoms with E-state index in [1.807, 2.05) is 30.3 Å². The van der Waals surface area contributed by atoms with Gasteiger partial charge in [0.1, 0.15) is 0 Å². The molecule has 1 aliphatic rings. The maximum Gasteiger partial charge on any atom is 0.409 e. The Kier molecular flexibility index (Phi) is 4.39. The summed E-state index contributed by atoms with van der Waals surface area (Å²) >= 11 is 0. The summed E-state index contributed by atoms with van der Waals surface area (Å²) in [6.45, 7) is 2.21. The minimum atomic E-state index is -0.324. The SMILES string of the molecule is COC(=O)N1CCN(C(=O)Cc2ccccc2)CC1. The Hall–Kier alpha value is -2.04. The number of carbonyl (C=O) groups excluding carboxylic acids is 2. The highest BCUT2D eigenvalue weighted by molar-refractivity contribution is 5.79. The van der Waals surface area contributed by atoms with Crippen molar-refractivity contribution in [3.63, 3.8) is 0 Å². The third-order valence-corrected chi connectivity index (χ3v) is 3.26. The minimum Gasteiger partial charge on any atom is -0.453 e. The zero-order chi connectivity index (χ0) is 13.7. The van der Waals surface area contributed by atoms with E-state index >= 15 is 0 Å². The molecule has 1 saturated heterocycles. The molecular weight excluding hydrogens is 244 g/mol. The first-order valence-electron chi connectivity index (χ1n) is 6.35. The average molecular weight is 262 g/mol. The summed E-state index contributed by atoms with van der Waals surface area (Å²) in [5.74, 6) is 0.107. The molecule has 0 spiro atoms. The van der Waals surface area contributed by atoms with Gasteiger partial charge in [0.15, 0.2) is 0 Å². The van der Waals surface area contributed by atoms with Gasteiger partial charge in [0.25, 0.3) is 0 Å². The maximum atomic E-state index is 12.1. The molecule has 0 unspecified atom stereocenters. The van der Waals surface area contributed by atoms with E-state index < -0.39 is 0 Å². The topological polar surface area (TPSA) is 49.9 Å². The Labute approximate surface area is 112 Å². The molecule has 0 N–H and O–H groups in total. The van der Waals surface area contributed by atoms with Crippen molar-refractivity contribution in [2.24, 2.45) is 0 Å². The summed E-state index contributed by atoms with van der Waals surface area (Å²) in [5.41, 5.74) is 1.02. The number of ether oxygens (including phenoxy) is 1. The number of benzene rings is 1. The smallest absolute Gasteiger partial charge is 0.409 e. The van der Waals surface area contributed by atoms with Gasteiger partial charge in [-0.1, -0.05) is 30.3 Å². The summed E-state index contributed by atoms with van der Waals surface area (Å²) in [4.78, 5) is 26.9. The van der Waals surface area contributed by atoms with Crippen molar-refractivity contribution < 1.29 is 14.3 Å². The lowest BCUT2D eigenvalue weighted by atomic mass is 10.1. The van der Waals surface area contributed by atoms with Crippen molar-refractivity contribution >= 4 is 12.0 Å². The monoisotopic (exact) mass is 262 g/mol. The molecule has 1 aromatic carbocycles. The van der Waals surface area contributed by atoms with Gasteiger partial charge in [-0.3, -0.25) is 4.79 Å². The second kappa shape index (κ2) is 6.22. The molecule has 2 amide bonds. The third-order valence-electron chi connectivity index (χ3n) is 3.26. The van der Waals surface area contributed by atoms with Gasteiger partial charge in [-0.05, 0) is 5.56 Å². The van der Waals surface area contributed by atoms with Crippen LogP contribution in [0.2, 0.25) is 0 Å². The lowest BCUT2D eigenvalue weighted by Crippen LogP contribution is -2.50. The Morgan fingerprint density at radius 3 is 2.21 bits per heavy atom. The summed E-state index contributed by atoms with van der Waals surface area (Å²) < 4.78 is 4.66. The van der Waals surface area contributed by atoms with Gasteiger partial charge in [0.05, 0.1) is 13.5 Å². The minimum absolute atomic E-state index is 0.107. The molecule has 0 atom stereocenters. The standard InChI is InChI=1S/C14H18N2O3/c1-19-14(18)16-9-7-15(8-10-16)13(17)11-12-5-3-2-4-6-12/h2-6H,7-11H2,1H3. The van der Waals surface area contributed by atoms with Crippen LogP contribution in [0.5, 0.6) is 0 Å². The fraction of sp³-hybridized carbons (Fsp3) is 0.429. The number of hydrogen-bond acceptors (Lipinski definition) is 3. The van der Waals surface area contributed by atoms with E-state index in [-0.39, 0.29) is 12.0 Å². The van der Waals surface area contributed by atoms with Crippen LogP contribution in [0.1, 0.15) is 5.56 Å². The van der Waals surface area contributed by atoms with E-state index in [0.717, 1.165) is 5.56 Å². The van der Waals surface area contributed by atoms with Crippen molar-refractivity contribution in [2.45, 2.75) is 6.42 Å². The van der Waals surface area contributed by atoms with E-state index in [1.165, 1.54) is 7.11 Å². The number of carbonyl (C=O) groups is 2. The van der Waals surface area contributed by atoms with E-state index in [0.29, 0.717) is 32.6 Å². The number of piperazine rings is 1. The Balaban J connectivity index is 1.84. The lowest BCUT2D eigenvalue weighted by molar-refractivity contribution is -0.132. The highest BCUT2D eigenvalue weighted by Crippen LogP contribution is 2.07. The molecule has 0 radical (unpaired) electrons. The molecule has 19 heavy (non-hydrogen) atoms. The normalized spacial score (nSPS) is 15.2. The van der Waals surface area contributed by atoms with Crippen molar-refractivity contribution in [3.8, 4) is 0 Å². The van der Waals surface area contributed by atoms with Crippen molar-refractivity contribution in [1.82, 2.24) is 9.80 Å². The zero-order valence-corrected chi connectivity index (χ0v) is 11.0. The van der Waals surface area contributed by atoms with Crippen LogP contribution < -0.4 is 0 Å². The second-order valence-corrected chi connectivity index (χ2v) is 4.50. The highest BCUT2D eigenvalue weighted by atomic mass is 16.5.